The van der Waals surface area contributed by atoms with E-state index in [1.54, 1.807) is 0 Å². The first-order valence-corrected chi connectivity index (χ1v) is 5.02. The van der Waals surface area contributed by atoms with Crippen LogP contribution < -0.4 is 0 Å². The van der Waals surface area contributed by atoms with Crippen LogP contribution in [0.1, 0.15) is 32.1 Å². The molecule has 8 heavy (non-hydrogen) atoms. The molecule has 1 saturated carbocycles. The Labute approximate surface area is 65.2 Å². The molecule has 1 aliphatic rings. The van der Waals surface area contributed by atoms with E-state index in [0.717, 1.165) is 5.92 Å². The molecular formula is C7H13I. The van der Waals surface area contributed by atoms with E-state index >= 15 is 0 Å². The summed E-state index contributed by atoms with van der Waals surface area (Å²) in [5, 5.41) is 0. The maximum Gasteiger partial charge on any atom is 0.00237 e. The second kappa shape index (κ2) is 3.70. The molecule has 0 N–H and O–H groups in total. The fourth-order valence-electron chi connectivity index (χ4n) is 1.34. The number of halogens is 1. The summed E-state index contributed by atoms with van der Waals surface area (Å²) >= 11 is 2.51. The monoisotopic (exact) mass is 224 g/mol. The van der Waals surface area contributed by atoms with Gasteiger partial charge in [-0.05, 0) is 18.8 Å². The lowest BCUT2D eigenvalue weighted by Gasteiger charge is -2.18. The smallest absolute Gasteiger partial charge is 0.00237 e. The topological polar surface area (TPSA) is 0 Å². The molecule has 0 unspecified atom stereocenters. The molecule has 1 fully saturated rings. The summed E-state index contributed by atoms with van der Waals surface area (Å²) in [4.78, 5) is 0. The first-order chi connectivity index (χ1) is 3.93. The zero-order valence-corrected chi connectivity index (χ0v) is 7.36. The molecule has 1 heteroatoms. The molecule has 0 nitrogen and oxygen atoms in total. The third-order valence-electron chi connectivity index (χ3n) is 1.94. The van der Waals surface area contributed by atoms with Crippen LogP contribution in [0.3, 0.4) is 0 Å². The van der Waals surface area contributed by atoms with Gasteiger partial charge < -0.3 is 0 Å². The normalized spacial score (nSPS) is 23.6. The second-order valence-electron chi connectivity index (χ2n) is 2.66. The molecule has 1 aliphatic carbocycles. The Bertz CT molecular complexity index is 55.4. The molecule has 0 atom stereocenters. The summed E-state index contributed by atoms with van der Waals surface area (Å²) in [7, 11) is 0. The maximum atomic E-state index is 2.51. The lowest BCUT2D eigenvalue weighted by molar-refractivity contribution is 0.395. The van der Waals surface area contributed by atoms with Crippen molar-refractivity contribution in [2.45, 2.75) is 32.1 Å². The minimum Gasteiger partial charge on any atom is -0.0861 e. The Morgan fingerprint density at radius 1 is 1.12 bits per heavy atom. The van der Waals surface area contributed by atoms with E-state index in [2.05, 4.69) is 22.6 Å². The fraction of sp³-hybridized carbons (Fsp3) is 1.00. The van der Waals surface area contributed by atoms with Gasteiger partial charge >= 0.3 is 0 Å². The number of hydrogen-bond donors (Lipinski definition) is 0. The minimum atomic E-state index is 1.07. The molecule has 0 aliphatic heterocycles. The lowest BCUT2D eigenvalue weighted by atomic mass is 9.91. The van der Waals surface area contributed by atoms with Gasteiger partial charge in [0.05, 0.1) is 0 Å². The summed E-state index contributed by atoms with van der Waals surface area (Å²) in [6, 6.07) is 0. The maximum absolute atomic E-state index is 2.51. The van der Waals surface area contributed by atoms with Crippen molar-refractivity contribution in [2.24, 2.45) is 5.92 Å². The molecule has 0 bridgehead atoms. The molecule has 48 valence electrons. The van der Waals surface area contributed by atoms with E-state index in [4.69, 9.17) is 0 Å². The molecule has 0 aromatic rings. The highest BCUT2D eigenvalue weighted by Gasteiger charge is 2.10. The van der Waals surface area contributed by atoms with E-state index in [-0.39, 0.29) is 0 Å². The second-order valence-corrected chi connectivity index (χ2v) is 3.54. The van der Waals surface area contributed by atoms with Crippen LogP contribution in [0.2, 0.25) is 0 Å². The van der Waals surface area contributed by atoms with Crippen LogP contribution in [0.25, 0.3) is 0 Å². The average Bonchev–Trinajstić information content (AvgIpc) is 1.90. The van der Waals surface area contributed by atoms with Gasteiger partial charge in [0.25, 0.3) is 0 Å². The Morgan fingerprint density at radius 3 is 2.12 bits per heavy atom. The van der Waals surface area contributed by atoms with E-state index in [9.17, 15) is 0 Å². The molecule has 0 radical (unpaired) electrons. The number of rotatable bonds is 1. The third-order valence-corrected chi connectivity index (χ3v) is 3.19. The average molecular weight is 224 g/mol. The van der Waals surface area contributed by atoms with Gasteiger partial charge in [0.15, 0.2) is 0 Å². The highest BCUT2D eigenvalue weighted by atomic mass is 127. The molecule has 0 heterocycles. The highest BCUT2D eigenvalue weighted by Crippen LogP contribution is 2.24. The first kappa shape index (κ1) is 6.84. The minimum absolute atomic E-state index is 1.07. The van der Waals surface area contributed by atoms with Gasteiger partial charge in [-0.25, -0.2) is 0 Å². The highest BCUT2D eigenvalue weighted by molar-refractivity contribution is 14.1. The zero-order valence-electron chi connectivity index (χ0n) is 5.20. The summed E-state index contributed by atoms with van der Waals surface area (Å²) in [5.41, 5.74) is 0. The third kappa shape index (κ3) is 1.92. The van der Waals surface area contributed by atoms with Crippen molar-refractivity contribution in [1.82, 2.24) is 0 Å². The van der Waals surface area contributed by atoms with Crippen molar-refractivity contribution in [3.05, 3.63) is 0 Å². The van der Waals surface area contributed by atoms with E-state index in [1.807, 2.05) is 0 Å². The van der Waals surface area contributed by atoms with Gasteiger partial charge in [-0.3, -0.25) is 0 Å². The SMILES string of the molecule is ICC1CCCCC1. The predicted octanol–water partition coefficient (Wildman–Crippen LogP) is 3.00. The standard InChI is InChI=1S/C7H13I/c8-6-7-4-2-1-3-5-7/h7H,1-6H2. The van der Waals surface area contributed by atoms with Gasteiger partial charge in [0.1, 0.15) is 0 Å². The van der Waals surface area contributed by atoms with Gasteiger partial charge in [-0.2, -0.15) is 0 Å². The predicted molar refractivity (Wildman–Crippen MR) is 45.5 cm³/mol. The molecule has 0 saturated heterocycles. The van der Waals surface area contributed by atoms with Crippen LogP contribution in [0, 0.1) is 5.92 Å². The van der Waals surface area contributed by atoms with Crippen LogP contribution in [-0.2, 0) is 0 Å². The lowest BCUT2D eigenvalue weighted by Crippen LogP contribution is -2.06. The molecule has 0 aromatic carbocycles. The molecule has 1 rings (SSSR count). The van der Waals surface area contributed by atoms with Crippen molar-refractivity contribution in [3.63, 3.8) is 0 Å². The van der Waals surface area contributed by atoms with Gasteiger partial charge in [0, 0.05) is 4.43 Å². The van der Waals surface area contributed by atoms with Crippen molar-refractivity contribution >= 4 is 22.6 Å². The Balaban J connectivity index is 2.13. The summed E-state index contributed by atoms with van der Waals surface area (Å²) < 4.78 is 1.39. The molecule has 0 aromatic heterocycles. The van der Waals surface area contributed by atoms with E-state index in [0.29, 0.717) is 0 Å². The Kier molecular flexibility index (Phi) is 3.16. The first-order valence-electron chi connectivity index (χ1n) is 3.49. The molecule has 0 spiro atoms. The fourth-order valence-corrected chi connectivity index (χ4v) is 2.22. The number of alkyl halides is 1. The van der Waals surface area contributed by atoms with Crippen molar-refractivity contribution in [2.75, 3.05) is 4.43 Å². The summed E-state index contributed by atoms with van der Waals surface area (Å²) in [6.45, 7) is 0. The van der Waals surface area contributed by atoms with Crippen LogP contribution in [0.5, 0.6) is 0 Å². The summed E-state index contributed by atoms with van der Waals surface area (Å²) in [5.74, 6) is 1.07. The quantitative estimate of drug-likeness (QED) is 0.474. The van der Waals surface area contributed by atoms with Gasteiger partial charge in [-0.1, -0.05) is 41.9 Å². The van der Waals surface area contributed by atoms with Crippen molar-refractivity contribution in [1.29, 1.82) is 0 Å². The molecule has 0 amide bonds. The summed E-state index contributed by atoms with van der Waals surface area (Å²) in [6.07, 6.45) is 7.49. The molecular weight excluding hydrogens is 211 g/mol. The Hall–Kier alpha value is 0.730. The van der Waals surface area contributed by atoms with Crippen LogP contribution in [0.4, 0.5) is 0 Å². The van der Waals surface area contributed by atoms with E-state index in [1.165, 1.54) is 36.5 Å². The largest absolute Gasteiger partial charge is 0.0861 e. The van der Waals surface area contributed by atoms with Gasteiger partial charge in [-0.15, -0.1) is 0 Å². The van der Waals surface area contributed by atoms with Crippen LogP contribution >= 0.6 is 22.6 Å². The van der Waals surface area contributed by atoms with Crippen molar-refractivity contribution in [3.8, 4) is 0 Å². The van der Waals surface area contributed by atoms with Crippen LogP contribution in [0.15, 0.2) is 0 Å². The zero-order chi connectivity index (χ0) is 5.82. The van der Waals surface area contributed by atoms with Gasteiger partial charge in [0.2, 0.25) is 0 Å². The number of hydrogen-bond acceptors (Lipinski definition) is 0. The van der Waals surface area contributed by atoms with E-state index < -0.39 is 0 Å². The van der Waals surface area contributed by atoms with Crippen LogP contribution in [-0.4, -0.2) is 4.43 Å². The Morgan fingerprint density at radius 2 is 1.75 bits per heavy atom. The van der Waals surface area contributed by atoms with Crippen molar-refractivity contribution < 1.29 is 0 Å².